The standard InChI is InChI=1S/C13H13ClO2/c1-7-5-8(2)12(10(4)9(7)3)11(6-15)13(14)16/h5H,1-4H3. The molecule has 0 N–H and O–H groups in total. The van der Waals surface area contributed by atoms with Crippen LogP contribution in [0.15, 0.2) is 6.07 Å². The fourth-order valence-corrected chi connectivity index (χ4v) is 1.99. The molecule has 16 heavy (non-hydrogen) atoms. The van der Waals surface area contributed by atoms with Gasteiger partial charge in [0, 0.05) is 5.56 Å². The summed E-state index contributed by atoms with van der Waals surface area (Å²) < 4.78 is 0. The molecule has 0 aliphatic heterocycles. The number of aryl methyl sites for hydroxylation is 2. The minimum Gasteiger partial charge on any atom is -0.275 e. The van der Waals surface area contributed by atoms with Crippen LogP contribution in [-0.4, -0.2) is 11.2 Å². The predicted octanol–water partition coefficient (Wildman–Crippen LogP) is 2.90. The zero-order valence-electron chi connectivity index (χ0n) is 9.77. The van der Waals surface area contributed by atoms with Gasteiger partial charge in [-0.25, -0.2) is 4.79 Å². The highest BCUT2D eigenvalue weighted by atomic mass is 35.5. The SMILES string of the molecule is Cc1cc(C)c(C(=C=O)C(=O)Cl)c(C)c1C. The van der Waals surface area contributed by atoms with Crippen molar-refractivity contribution in [3.05, 3.63) is 33.9 Å². The van der Waals surface area contributed by atoms with Gasteiger partial charge in [-0.3, -0.25) is 4.79 Å². The molecule has 0 aliphatic rings. The summed E-state index contributed by atoms with van der Waals surface area (Å²) in [7, 11) is 0. The molecule has 1 aromatic rings. The first-order valence-corrected chi connectivity index (χ1v) is 5.30. The molecule has 0 fully saturated rings. The van der Waals surface area contributed by atoms with Crippen molar-refractivity contribution >= 4 is 28.4 Å². The van der Waals surface area contributed by atoms with Gasteiger partial charge in [-0.15, -0.1) is 0 Å². The van der Waals surface area contributed by atoms with Gasteiger partial charge < -0.3 is 0 Å². The van der Waals surface area contributed by atoms with Gasteiger partial charge in [0.15, 0.2) is 0 Å². The van der Waals surface area contributed by atoms with Gasteiger partial charge in [-0.1, -0.05) is 6.07 Å². The van der Waals surface area contributed by atoms with E-state index in [1.807, 2.05) is 33.8 Å². The molecule has 2 nitrogen and oxygen atoms in total. The number of allylic oxidation sites excluding steroid dienone is 1. The van der Waals surface area contributed by atoms with E-state index in [-0.39, 0.29) is 5.57 Å². The zero-order chi connectivity index (χ0) is 12.5. The molecular weight excluding hydrogens is 224 g/mol. The Bertz CT molecular complexity index is 509. The number of hydrogen-bond acceptors (Lipinski definition) is 2. The first-order chi connectivity index (χ1) is 7.40. The van der Waals surface area contributed by atoms with Gasteiger partial charge in [0.1, 0.15) is 11.5 Å². The lowest BCUT2D eigenvalue weighted by Gasteiger charge is -2.13. The lowest BCUT2D eigenvalue weighted by atomic mass is 9.91. The topological polar surface area (TPSA) is 34.1 Å². The second kappa shape index (κ2) is 4.65. The maximum Gasteiger partial charge on any atom is 0.264 e. The normalized spacial score (nSPS) is 9.81. The molecular formula is C13H13ClO2. The molecule has 0 aliphatic carbocycles. The fourth-order valence-electron chi connectivity index (χ4n) is 1.86. The molecule has 0 radical (unpaired) electrons. The molecule has 0 saturated heterocycles. The third kappa shape index (κ3) is 2.08. The van der Waals surface area contributed by atoms with Gasteiger partial charge in [-0.2, -0.15) is 0 Å². The fraction of sp³-hybridized carbons (Fsp3) is 0.308. The van der Waals surface area contributed by atoms with Crippen LogP contribution >= 0.6 is 11.6 Å². The van der Waals surface area contributed by atoms with E-state index in [1.54, 1.807) is 5.94 Å². The van der Waals surface area contributed by atoms with E-state index in [4.69, 9.17) is 11.6 Å². The minimum atomic E-state index is -0.760. The Hall–Kier alpha value is -1.37. The van der Waals surface area contributed by atoms with Crippen molar-refractivity contribution in [1.82, 2.24) is 0 Å². The van der Waals surface area contributed by atoms with Gasteiger partial charge in [0.2, 0.25) is 0 Å². The molecule has 0 heterocycles. The minimum absolute atomic E-state index is 0.0835. The van der Waals surface area contributed by atoms with Crippen LogP contribution in [0, 0.1) is 27.7 Å². The average Bonchev–Trinajstić information content (AvgIpc) is 2.20. The van der Waals surface area contributed by atoms with Crippen molar-refractivity contribution in [1.29, 1.82) is 0 Å². The number of hydrogen-bond donors (Lipinski definition) is 0. The Morgan fingerprint density at radius 2 is 1.69 bits per heavy atom. The second-order valence-electron chi connectivity index (χ2n) is 3.89. The van der Waals surface area contributed by atoms with Crippen molar-refractivity contribution in [2.45, 2.75) is 27.7 Å². The van der Waals surface area contributed by atoms with E-state index >= 15 is 0 Å². The van der Waals surface area contributed by atoms with Crippen LogP contribution in [-0.2, 0) is 9.59 Å². The third-order valence-corrected chi connectivity index (χ3v) is 3.09. The van der Waals surface area contributed by atoms with E-state index in [0.717, 1.165) is 22.3 Å². The van der Waals surface area contributed by atoms with Crippen LogP contribution < -0.4 is 0 Å². The Labute approximate surface area is 99.9 Å². The Balaban J connectivity index is 3.64. The number of halogens is 1. The summed E-state index contributed by atoms with van der Waals surface area (Å²) >= 11 is 5.38. The first kappa shape index (κ1) is 12.7. The van der Waals surface area contributed by atoms with E-state index in [0.29, 0.717) is 5.56 Å². The van der Waals surface area contributed by atoms with E-state index in [1.165, 1.54) is 0 Å². The average molecular weight is 237 g/mol. The monoisotopic (exact) mass is 236 g/mol. The number of carbonyl (C=O) groups excluding carboxylic acids is 2. The Morgan fingerprint density at radius 3 is 2.12 bits per heavy atom. The highest BCUT2D eigenvalue weighted by Crippen LogP contribution is 2.27. The van der Waals surface area contributed by atoms with Crippen molar-refractivity contribution in [2.75, 3.05) is 0 Å². The molecule has 0 bridgehead atoms. The lowest BCUT2D eigenvalue weighted by molar-refractivity contribution is -0.106. The van der Waals surface area contributed by atoms with E-state index in [2.05, 4.69) is 0 Å². The Kier molecular flexibility index (Phi) is 3.69. The quantitative estimate of drug-likeness (QED) is 0.450. The second-order valence-corrected chi connectivity index (χ2v) is 4.23. The maximum absolute atomic E-state index is 11.1. The van der Waals surface area contributed by atoms with Gasteiger partial charge in [0.05, 0.1) is 0 Å². The van der Waals surface area contributed by atoms with Crippen LogP contribution in [0.2, 0.25) is 0 Å². The summed E-state index contributed by atoms with van der Waals surface area (Å²) in [6.45, 7) is 7.68. The zero-order valence-corrected chi connectivity index (χ0v) is 10.5. The molecule has 1 aromatic carbocycles. The van der Waals surface area contributed by atoms with Gasteiger partial charge >= 0.3 is 0 Å². The molecule has 0 atom stereocenters. The molecule has 0 spiro atoms. The number of carbonyl (C=O) groups is 1. The molecule has 3 heteroatoms. The number of benzene rings is 1. The van der Waals surface area contributed by atoms with Crippen LogP contribution in [0.1, 0.15) is 27.8 Å². The lowest BCUT2D eigenvalue weighted by Crippen LogP contribution is -2.03. The molecule has 84 valence electrons. The largest absolute Gasteiger partial charge is 0.275 e. The van der Waals surface area contributed by atoms with Crippen LogP contribution in [0.3, 0.4) is 0 Å². The van der Waals surface area contributed by atoms with Crippen molar-refractivity contribution < 1.29 is 9.59 Å². The van der Waals surface area contributed by atoms with E-state index in [9.17, 15) is 9.59 Å². The van der Waals surface area contributed by atoms with Crippen molar-refractivity contribution in [3.63, 3.8) is 0 Å². The van der Waals surface area contributed by atoms with Gasteiger partial charge in [0.25, 0.3) is 5.24 Å². The Morgan fingerprint density at radius 1 is 1.12 bits per heavy atom. The molecule has 0 aromatic heterocycles. The smallest absolute Gasteiger partial charge is 0.264 e. The van der Waals surface area contributed by atoms with Gasteiger partial charge in [-0.05, 0) is 61.5 Å². The summed E-state index contributed by atoms with van der Waals surface area (Å²) in [5, 5.41) is -0.760. The summed E-state index contributed by atoms with van der Waals surface area (Å²) in [6.07, 6.45) is 0. The molecule has 0 amide bonds. The van der Waals surface area contributed by atoms with Crippen LogP contribution in [0.4, 0.5) is 0 Å². The highest BCUT2D eigenvalue weighted by Gasteiger charge is 2.17. The van der Waals surface area contributed by atoms with Crippen molar-refractivity contribution in [2.24, 2.45) is 0 Å². The summed E-state index contributed by atoms with van der Waals surface area (Å²) in [4.78, 5) is 21.9. The maximum atomic E-state index is 11.1. The summed E-state index contributed by atoms with van der Waals surface area (Å²) in [5.74, 6) is 1.63. The van der Waals surface area contributed by atoms with Crippen LogP contribution in [0.25, 0.3) is 5.57 Å². The first-order valence-electron chi connectivity index (χ1n) is 4.92. The summed E-state index contributed by atoms with van der Waals surface area (Å²) in [6, 6.07) is 1.94. The molecule has 0 unspecified atom stereocenters. The third-order valence-electron chi connectivity index (χ3n) is 2.90. The number of rotatable bonds is 2. The van der Waals surface area contributed by atoms with E-state index < -0.39 is 5.24 Å². The summed E-state index contributed by atoms with van der Waals surface area (Å²) in [5.41, 5.74) is 4.49. The highest BCUT2D eigenvalue weighted by molar-refractivity contribution is 6.75. The molecule has 1 rings (SSSR count). The van der Waals surface area contributed by atoms with Crippen molar-refractivity contribution in [3.8, 4) is 0 Å². The predicted molar refractivity (Wildman–Crippen MR) is 65.4 cm³/mol. The van der Waals surface area contributed by atoms with Crippen LogP contribution in [0.5, 0.6) is 0 Å². The molecule has 0 saturated carbocycles.